The second-order valence-corrected chi connectivity index (χ2v) is 11.3. The Balaban J connectivity index is 1.97. The van der Waals surface area contributed by atoms with E-state index in [1.807, 2.05) is 27.7 Å². The van der Waals surface area contributed by atoms with Crippen molar-refractivity contribution in [3.8, 4) is 0 Å². The number of benzene rings is 1. The summed E-state index contributed by atoms with van der Waals surface area (Å²) in [6.07, 6.45) is 5.81. The summed E-state index contributed by atoms with van der Waals surface area (Å²) >= 11 is 5.07. The minimum absolute atomic E-state index is 0.0478. The Hall–Kier alpha value is -1.08. The standard InChI is InChI=1S/C21H28BrFN2O2S/c1-19(2,3)27-18(26)24-17-25-20(4,15-12-14(22)8-9-16(15)23)13-21(28-17)10-6-5-7-11-21/h8-9,12H,5-7,10-11,13H2,1-4H3,(H,24,25,26). The molecule has 1 unspecified atom stereocenters. The number of thioether (sulfide) groups is 1. The van der Waals surface area contributed by atoms with Gasteiger partial charge in [0.25, 0.3) is 0 Å². The van der Waals surface area contributed by atoms with Gasteiger partial charge in [-0.1, -0.05) is 47.0 Å². The second kappa shape index (κ2) is 7.98. The average molecular weight is 471 g/mol. The van der Waals surface area contributed by atoms with Gasteiger partial charge in [-0.3, -0.25) is 10.3 Å². The van der Waals surface area contributed by atoms with Crippen molar-refractivity contribution in [2.24, 2.45) is 4.99 Å². The van der Waals surface area contributed by atoms with Gasteiger partial charge in [0, 0.05) is 14.8 Å². The van der Waals surface area contributed by atoms with E-state index in [-0.39, 0.29) is 10.6 Å². The first-order chi connectivity index (χ1) is 13.0. The summed E-state index contributed by atoms with van der Waals surface area (Å²) in [5.41, 5.74) is -0.789. The van der Waals surface area contributed by atoms with Gasteiger partial charge in [0.1, 0.15) is 11.4 Å². The molecule has 1 aromatic rings. The van der Waals surface area contributed by atoms with Crippen LogP contribution < -0.4 is 5.32 Å². The van der Waals surface area contributed by atoms with E-state index in [9.17, 15) is 9.18 Å². The lowest BCUT2D eigenvalue weighted by Gasteiger charge is -2.46. The van der Waals surface area contributed by atoms with Crippen LogP contribution in [0.2, 0.25) is 0 Å². The normalized spacial score (nSPS) is 24.6. The summed E-state index contributed by atoms with van der Waals surface area (Å²) in [7, 11) is 0. The predicted octanol–water partition coefficient (Wildman–Crippen LogP) is 6.52. The van der Waals surface area contributed by atoms with Crippen LogP contribution in [0.1, 0.15) is 71.8 Å². The first-order valence-electron chi connectivity index (χ1n) is 9.75. The summed E-state index contributed by atoms with van der Waals surface area (Å²) in [5.74, 6) is -0.274. The lowest BCUT2D eigenvalue weighted by molar-refractivity contribution is 0.0564. The number of halogens is 2. The van der Waals surface area contributed by atoms with Crippen molar-refractivity contribution in [3.05, 3.63) is 34.1 Å². The molecule has 1 saturated carbocycles. The van der Waals surface area contributed by atoms with Crippen LogP contribution in [0.3, 0.4) is 0 Å². The number of amides is 1. The summed E-state index contributed by atoms with van der Waals surface area (Å²) in [6, 6.07) is 4.96. The quantitative estimate of drug-likeness (QED) is 0.507. The number of rotatable bonds is 1. The van der Waals surface area contributed by atoms with Crippen LogP contribution in [0.4, 0.5) is 9.18 Å². The monoisotopic (exact) mass is 470 g/mol. The van der Waals surface area contributed by atoms with Crippen LogP contribution in [-0.4, -0.2) is 21.6 Å². The number of hydrogen-bond acceptors (Lipinski definition) is 4. The van der Waals surface area contributed by atoms with E-state index in [1.165, 1.54) is 12.5 Å². The number of carbonyl (C=O) groups excluding carboxylic acids is 1. The minimum atomic E-state index is -0.749. The third-order valence-electron chi connectivity index (χ3n) is 5.21. The molecule has 0 aromatic heterocycles. The number of nitrogens with zero attached hydrogens (tertiary/aromatic N) is 1. The number of carbonyl (C=O) groups is 1. The van der Waals surface area contributed by atoms with Crippen LogP contribution >= 0.6 is 27.7 Å². The number of aliphatic imine (C=N–C) groups is 1. The smallest absolute Gasteiger partial charge is 0.413 e. The topological polar surface area (TPSA) is 50.7 Å². The molecule has 1 fully saturated rings. The summed E-state index contributed by atoms with van der Waals surface area (Å²) < 4.78 is 20.9. The molecule has 28 heavy (non-hydrogen) atoms. The Labute approximate surface area is 179 Å². The molecule has 1 spiro atoms. The molecular formula is C21H28BrFN2O2S. The fourth-order valence-corrected chi connectivity index (χ4v) is 6.14. The van der Waals surface area contributed by atoms with Gasteiger partial charge in [-0.2, -0.15) is 0 Å². The molecule has 1 heterocycles. The SMILES string of the molecule is CC(C)(C)OC(=O)NC1=NC(C)(c2cc(Br)ccc2F)CC2(CCCCC2)S1. The molecule has 7 heteroatoms. The minimum Gasteiger partial charge on any atom is -0.444 e. The van der Waals surface area contributed by atoms with Gasteiger partial charge in [0.05, 0.1) is 5.54 Å². The van der Waals surface area contributed by atoms with Gasteiger partial charge < -0.3 is 4.74 Å². The Kier molecular flexibility index (Phi) is 6.16. The van der Waals surface area contributed by atoms with Crippen LogP contribution in [0.15, 0.2) is 27.7 Å². The lowest BCUT2D eigenvalue weighted by Crippen LogP contribution is -2.46. The fourth-order valence-electron chi connectivity index (χ4n) is 4.14. The zero-order chi connectivity index (χ0) is 20.6. The molecule has 0 radical (unpaired) electrons. The summed E-state index contributed by atoms with van der Waals surface area (Å²) in [5, 5.41) is 3.34. The number of nitrogens with one attached hydrogen (secondary N) is 1. The fraction of sp³-hybridized carbons (Fsp3) is 0.619. The van der Waals surface area contributed by atoms with Crippen molar-refractivity contribution >= 4 is 39.0 Å². The number of ether oxygens (including phenoxy) is 1. The van der Waals surface area contributed by atoms with Crippen molar-refractivity contribution in [2.45, 2.75) is 82.1 Å². The maximum atomic E-state index is 14.8. The van der Waals surface area contributed by atoms with Crippen molar-refractivity contribution in [1.29, 1.82) is 0 Å². The number of alkyl carbamates (subject to hydrolysis) is 1. The summed E-state index contributed by atoms with van der Waals surface area (Å²) in [6.45, 7) is 7.44. The zero-order valence-corrected chi connectivity index (χ0v) is 19.3. The van der Waals surface area contributed by atoms with E-state index in [0.29, 0.717) is 10.7 Å². The highest BCUT2D eigenvalue weighted by molar-refractivity contribution is 9.10. The molecule has 2 aliphatic rings. The Morgan fingerprint density at radius 1 is 1.29 bits per heavy atom. The van der Waals surface area contributed by atoms with E-state index in [2.05, 4.69) is 21.2 Å². The molecule has 1 atom stereocenters. The van der Waals surface area contributed by atoms with E-state index in [0.717, 1.165) is 36.6 Å². The van der Waals surface area contributed by atoms with E-state index < -0.39 is 17.2 Å². The molecule has 3 rings (SSSR count). The Morgan fingerprint density at radius 3 is 2.61 bits per heavy atom. The third-order valence-corrected chi connectivity index (χ3v) is 7.07. The highest BCUT2D eigenvalue weighted by Gasteiger charge is 2.47. The van der Waals surface area contributed by atoms with Crippen LogP contribution in [0.5, 0.6) is 0 Å². The van der Waals surface area contributed by atoms with Crippen molar-refractivity contribution in [1.82, 2.24) is 5.32 Å². The predicted molar refractivity (Wildman–Crippen MR) is 116 cm³/mol. The third kappa shape index (κ3) is 5.09. The highest BCUT2D eigenvalue weighted by atomic mass is 79.9. The molecule has 0 saturated heterocycles. The molecule has 1 amide bonds. The maximum Gasteiger partial charge on any atom is 0.413 e. The number of amidine groups is 1. The van der Waals surface area contributed by atoms with E-state index in [4.69, 9.17) is 9.73 Å². The highest BCUT2D eigenvalue weighted by Crippen LogP contribution is 2.52. The Morgan fingerprint density at radius 2 is 1.96 bits per heavy atom. The molecule has 1 aliphatic carbocycles. The van der Waals surface area contributed by atoms with Crippen molar-refractivity contribution in [2.75, 3.05) is 0 Å². The van der Waals surface area contributed by atoms with Gasteiger partial charge in [-0.05, 0) is 65.2 Å². The van der Waals surface area contributed by atoms with Gasteiger partial charge in [0.2, 0.25) is 0 Å². The van der Waals surface area contributed by atoms with Gasteiger partial charge in [-0.25, -0.2) is 9.18 Å². The molecule has 1 aromatic carbocycles. The average Bonchev–Trinajstić information content (AvgIpc) is 2.55. The molecule has 0 bridgehead atoms. The van der Waals surface area contributed by atoms with Gasteiger partial charge >= 0.3 is 6.09 Å². The van der Waals surface area contributed by atoms with Gasteiger partial charge in [-0.15, -0.1) is 0 Å². The van der Waals surface area contributed by atoms with Crippen LogP contribution in [0.25, 0.3) is 0 Å². The first kappa shape index (κ1) is 21.6. The molecule has 4 nitrogen and oxygen atoms in total. The lowest BCUT2D eigenvalue weighted by atomic mass is 9.76. The summed E-state index contributed by atoms with van der Waals surface area (Å²) in [4.78, 5) is 17.2. The van der Waals surface area contributed by atoms with Crippen LogP contribution in [-0.2, 0) is 10.3 Å². The van der Waals surface area contributed by atoms with E-state index in [1.54, 1.807) is 23.9 Å². The largest absolute Gasteiger partial charge is 0.444 e. The van der Waals surface area contributed by atoms with Crippen molar-refractivity contribution < 1.29 is 13.9 Å². The zero-order valence-electron chi connectivity index (χ0n) is 16.9. The molecule has 1 N–H and O–H groups in total. The Bertz CT molecular complexity index is 787. The second-order valence-electron chi connectivity index (χ2n) is 8.96. The molecule has 154 valence electrons. The molecule has 1 aliphatic heterocycles. The van der Waals surface area contributed by atoms with Gasteiger partial charge in [0.15, 0.2) is 5.17 Å². The molecular weight excluding hydrogens is 443 g/mol. The maximum absolute atomic E-state index is 14.8. The first-order valence-corrected chi connectivity index (χ1v) is 11.4. The van der Waals surface area contributed by atoms with Crippen LogP contribution in [0, 0.1) is 5.82 Å². The van der Waals surface area contributed by atoms with Crippen molar-refractivity contribution in [3.63, 3.8) is 0 Å². The number of hydrogen-bond donors (Lipinski definition) is 1. The van der Waals surface area contributed by atoms with E-state index >= 15 is 0 Å².